The molecule has 0 unspecified atom stereocenters. The van der Waals surface area contributed by atoms with E-state index in [1.807, 2.05) is 13.0 Å². The number of carbonyl (C=O) groups excluding carboxylic acids is 1. The van der Waals surface area contributed by atoms with E-state index in [1.54, 1.807) is 25.1 Å². The van der Waals surface area contributed by atoms with Crippen LogP contribution in [0.1, 0.15) is 21.5 Å². The summed E-state index contributed by atoms with van der Waals surface area (Å²) in [6.45, 7) is 3.54. The van der Waals surface area contributed by atoms with E-state index in [-0.39, 0.29) is 11.5 Å². The van der Waals surface area contributed by atoms with Crippen LogP contribution in [0, 0.1) is 13.8 Å². The maximum absolute atomic E-state index is 11.7. The fourth-order valence-corrected chi connectivity index (χ4v) is 2.24. The molecule has 0 saturated heterocycles. The molecule has 0 aliphatic carbocycles. The summed E-state index contributed by atoms with van der Waals surface area (Å²) >= 11 is 0. The van der Waals surface area contributed by atoms with Crippen LogP contribution in [-0.2, 0) is 4.74 Å². The van der Waals surface area contributed by atoms with Crippen molar-refractivity contribution < 1.29 is 19.7 Å². The highest BCUT2D eigenvalue weighted by Gasteiger charge is 2.16. The predicted octanol–water partition coefficient (Wildman–Crippen LogP) is 3.17. The highest BCUT2D eigenvalue weighted by Crippen LogP contribution is 2.37. The molecule has 104 valence electrons. The molecule has 0 saturated carbocycles. The van der Waals surface area contributed by atoms with E-state index < -0.39 is 5.97 Å². The lowest BCUT2D eigenvalue weighted by Crippen LogP contribution is -2.04. The number of phenolic OH excluding ortho intramolecular Hbond substituents is 2. The predicted molar refractivity (Wildman–Crippen MR) is 76.0 cm³/mol. The molecule has 0 atom stereocenters. The van der Waals surface area contributed by atoms with Gasteiger partial charge in [-0.1, -0.05) is 18.2 Å². The van der Waals surface area contributed by atoms with Crippen LogP contribution in [0.4, 0.5) is 0 Å². The van der Waals surface area contributed by atoms with Crippen LogP contribution >= 0.6 is 0 Å². The molecule has 2 aromatic carbocycles. The second kappa shape index (κ2) is 5.25. The quantitative estimate of drug-likeness (QED) is 0.651. The summed E-state index contributed by atoms with van der Waals surface area (Å²) in [6.07, 6.45) is 0. The average Bonchev–Trinajstić information content (AvgIpc) is 2.45. The van der Waals surface area contributed by atoms with E-state index in [0.29, 0.717) is 11.1 Å². The Labute approximate surface area is 117 Å². The van der Waals surface area contributed by atoms with E-state index in [4.69, 9.17) is 4.74 Å². The van der Waals surface area contributed by atoms with Crippen molar-refractivity contribution >= 4 is 5.97 Å². The number of ether oxygens (including phenoxy) is 1. The van der Waals surface area contributed by atoms with Crippen molar-refractivity contribution in [2.45, 2.75) is 13.8 Å². The summed E-state index contributed by atoms with van der Waals surface area (Å²) in [7, 11) is 1.34. The molecule has 4 heteroatoms. The third-order valence-corrected chi connectivity index (χ3v) is 3.44. The summed E-state index contributed by atoms with van der Waals surface area (Å²) in [5.74, 6) is -0.705. The van der Waals surface area contributed by atoms with Gasteiger partial charge in [0.2, 0.25) is 0 Å². The van der Waals surface area contributed by atoms with E-state index in [2.05, 4.69) is 0 Å². The average molecular weight is 272 g/mol. The molecule has 20 heavy (non-hydrogen) atoms. The third kappa shape index (κ3) is 2.20. The van der Waals surface area contributed by atoms with Gasteiger partial charge in [0.1, 0.15) is 0 Å². The Morgan fingerprint density at radius 2 is 1.65 bits per heavy atom. The van der Waals surface area contributed by atoms with Gasteiger partial charge in [0.25, 0.3) is 0 Å². The molecule has 0 heterocycles. The molecule has 4 nitrogen and oxygen atoms in total. The topological polar surface area (TPSA) is 66.8 Å². The molecular formula is C16H16O4. The lowest BCUT2D eigenvalue weighted by molar-refractivity contribution is 0.0600. The van der Waals surface area contributed by atoms with Gasteiger partial charge in [-0.25, -0.2) is 4.79 Å². The van der Waals surface area contributed by atoms with Crippen LogP contribution in [0.3, 0.4) is 0 Å². The summed E-state index contributed by atoms with van der Waals surface area (Å²) in [4.78, 5) is 11.7. The Morgan fingerprint density at radius 1 is 1.00 bits per heavy atom. The molecule has 0 fully saturated rings. The monoisotopic (exact) mass is 272 g/mol. The number of hydrogen-bond acceptors (Lipinski definition) is 4. The van der Waals surface area contributed by atoms with Crippen LogP contribution in [0.5, 0.6) is 11.5 Å². The molecule has 0 radical (unpaired) electrons. The van der Waals surface area contributed by atoms with Gasteiger partial charge in [0, 0.05) is 5.56 Å². The molecule has 0 aliphatic rings. The summed E-state index contributed by atoms with van der Waals surface area (Å²) in [5, 5.41) is 19.3. The van der Waals surface area contributed by atoms with Crippen molar-refractivity contribution in [3.05, 3.63) is 47.0 Å². The summed E-state index contributed by atoms with van der Waals surface area (Å²) in [6, 6.07) is 8.47. The highest BCUT2D eigenvalue weighted by atomic mass is 16.5. The number of aromatic hydroxyl groups is 2. The first kappa shape index (κ1) is 13.9. The number of esters is 1. The third-order valence-electron chi connectivity index (χ3n) is 3.44. The lowest BCUT2D eigenvalue weighted by Gasteiger charge is -2.13. The minimum atomic E-state index is -0.398. The molecule has 0 amide bonds. The summed E-state index contributed by atoms with van der Waals surface area (Å²) < 4.78 is 4.75. The van der Waals surface area contributed by atoms with Crippen molar-refractivity contribution in [1.29, 1.82) is 0 Å². The van der Waals surface area contributed by atoms with Crippen molar-refractivity contribution in [2.24, 2.45) is 0 Å². The number of benzene rings is 2. The maximum atomic E-state index is 11.7. The zero-order chi connectivity index (χ0) is 14.9. The molecule has 2 rings (SSSR count). The van der Waals surface area contributed by atoms with Gasteiger partial charge in [-0.05, 0) is 42.7 Å². The fraction of sp³-hybridized carbons (Fsp3) is 0.188. The molecule has 0 aromatic heterocycles. The van der Waals surface area contributed by atoms with E-state index in [0.717, 1.165) is 16.7 Å². The SMILES string of the molecule is COC(=O)c1cccc(-c2ccc(O)c(O)c2C)c1C. The number of hydrogen-bond donors (Lipinski definition) is 2. The van der Waals surface area contributed by atoms with Gasteiger partial charge >= 0.3 is 5.97 Å². The largest absolute Gasteiger partial charge is 0.504 e. The number of carbonyl (C=O) groups is 1. The first-order valence-electron chi connectivity index (χ1n) is 6.17. The van der Waals surface area contributed by atoms with Gasteiger partial charge in [-0.2, -0.15) is 0 Å². The number of methoxy groups -OCH3 is 1. The van der Waals surface area contributed by atoms with E-state index in [1.165, 1.54) is 13.2 Å². The lowest BCUT2D eigenvalue weighted by atomic mass is 9.93. The van der Waals surface area contributed by atoms with Crippen LogP contribution in [0.2, 0.25) is 0 Å². The normalized spacial score (nSPS) is 10.3. The van der Waals surface area contributed by atoms with Crippen LogP contribution < -0.4 is 0 Å². The van der Waals surface area contributed by atoms with Gasteiger partial charge in [0.15, 0.2) is 11.5 Å². The number of phenols is 2. The Bertz CT molecular complexity index is 674. The zero-order valence-electron chi connectivity index (χ0n) is 11.6. The first-order valence-corrected chi connectivity index (χ1v) is 6.17. The van der Waals surface area contributed by atoms with Crippen molar-refractivity contribution in [3.63, 3.8) is 0 Å². The molecule has 0 bridgehead atoms. The Kier molecular flexibility index (Phi) is 3.66. The van der Waals surface area contributed by atoms with Crippen molar-refractivity contribution in [3.8, 4) is 22.6 Å². The number of rotatable bonds is 2. The smallest absolute Gasteiger partial charge is 0.338 e. The molecule has 0 aliphatic heterocycles. The van der Waals surface area contributed by atoms with Crippen molar-refractivity contribution in [2.75, 3.05) is 7.11 Å². The molecular weight excluding hydrogens is 256 g/mol. The fourth-order valence-electron chi connectivity index (χ4n) is 2.24. The standard InChI is InChI=1S/C16H16O4/c1-9-11(5-4-6-13(9)16(19)20-3)12-7-8-14(17)15(18)10(12)2/h4-8,17-18H,1-3H3. The van der Waals surface area contributed by atoms with Gasteiger partial charge in [-0.15, -0.1) is 0 Å². The van der Waals surface area contributed by atoms with Gasteiger partial charge in [-0.3, -0.25) is 0 Å². The minimum Gasteiger partial charge on any atom is -0.504 e. The first-order chi connectivity index (χ1) is 9.47. The van der Waals surface area contributed by atoms with Crippen LogP contribution in [0.15, 0.2) is 30.3 Å². The highest BCUT2D eigenvalue weighted by molar-refractivity contribution is 5.93. The second-order valence-electron chi connectivity index (χ2n) is 4.58. The Morgan fingerprint density at radius 3 is 2.30 bits per heavy atom. The molecule has 2 aromatic rings. The van der Waals surface area contributed by atoms with Crippen LogP contribution in [-0.4, -0.2) is 23.3 Å². The van der Waals surface area contributed by atoms with Crippen molar-refractivity contribution in [1.82, 2.24) is 0 Å². The Balaban J connectivity index is 2.66. The maximum Gasteiger partial charge on any atom is 0.338 e. The summed E-state index contributed by atoms with van der Waals surface area (Å²) in [5.41, 5.74) is 3.41. The van der Waals surface area contributed by atoms with Crippen LogP contribution in [0.25, 0.3) is 11.1 Å². The molecule has 0 spiro atoms. The minimum absolute atomic E-state index is 0.148. The Hall–Kier alpha value is -2.49. The second-order valence-corrected chi connectivity index (χ2v) is 4.58. The zero-order valence-corrected chi connectivity index (χ0v) is 11.6. The molecule has 2 N–H and O–H groups in total. The van der Waals surface area contributed by atoms with Gasteiger partial charge in [0.05, 0.1) is 12.7 Å². The van der Waals surface area contributed by atoms with E-state index in [9.17, 15) is 15.0 Å². The van der Waals surface area contributed by atoms with E-state index >= 15 is 0 Å². The van der Waals surface area contributed by atoms with Gasteiger partial charge < -0.3 is 14.9 Å².